The first-order valence-electron chi connectivity index (χ1n) is 11.2. The number of hydrogen-bond acceptors (Lipinski definition) is 4. The van der Waals surface area contributed by atoms with E-state index >= 15 is 0 Å². The zero-order valence-electron chi connectivity index (χ0n) is 19.2. The van der Waals surface area contributed by atoms with Crippen molar-refractivity contribution in [2.45, 2.75) is 20.5 Å². The normalized spacial score (nSPS) is 10.9. The molecule has 4 rings (SSSR count). The third kappa shape index (κ3) is 5.92. The highest BCUT2D eigenvalue weighted by molar-refractivity contribution is 5.91. The van der Waals surface area contributed by atoms with E-state index in [1.165, 1.54) is 10.8 Å². The monoisotopic (exact) mass is 453 g/mol. The molecule has 4 aromatic rings. The van der Waals surface area contributed by atoms with Crippen LogP contribution in [0.15, 0.2) is 90.0 Å². The molecule has 172 valence electrons. The maximum atomic E-state index is 12.1. The van der Waals surface area contributed by atoms with Crippen molar-refractivity contribution >= 4 is 28.7 Å². The van der Waals surface area contributed by atoms with Crippen molar-refractivity contribution in [3.8, 4) is 11.5 Å². The quantitative estimate of drug-likeness (QED) is 0.244. The zero-order chi connectivity index (χ0) is 23.8. The van der Waals surface area contributed by atoms with Gasteiger partial charge in [0.15, 0.2) is 11.5 Å². The van der Waals surface area contributed by atoms with Gasteiger partial charge in [-0.05, 0) is 71.6 Å². The van der Waals surface area contributed by atoms with Crippen molar-refractivity contribution in [2.75, 3.05) is 11.9 Å². The molecule has 6 heteroatoms. The highest BCUT2D eigenvalue weighted by Gasteiger charge is 2.08. The minimum absolute atomic E-state index is 0.411. The molecule has 2 N–H and O–H groups in total. The summed E-state index contributed by atoms with van der Waals surface area (Å²) in [6.07, 6.45) is 1.56. The van der Waals surface area contributed by atoms with E-state index in [4.69, 9.17) is 9.47 Å². The standard InChI is InChI=1S/C28H27N3O3/c1-3-33-27-17-21(18-29-31-28(32)30-25-11-7-4-8-20(25)2)13-15-26(27)34-19-22-12-14-23-9-5-6-10-24(23)16-22/h4-18H,3,19H2,1-2H3,(H2,30,31,32). The number of nitrogens with one attached hydrogen (secondary N) is 2. The van der Waals surface area contributed by atoms with E-state index in [1.807, 2.05) is 68.4 Å². The van der Waals surface area contributed by atoms with Crippen LogP contribution in [0.5, 0.6) is 11.5 Å². The summed E-state index contributed by atoms with van der Waals surface area (Å²) in [6.45, 7) is 4.78. The van der Waals surface area contributed by atoms with Gasteiger partial charge in [0.05, 0.1) is 12.8 Å². The molecule has 2 amide bonds. The van der Waals surface area contributed by atoms with Crippen molar-refractivity contribution < 1.29 is 14.3 Å². The van der Waals surface area contributed by atoms with Crippen LogP contribution < -0.4 is 20.2 Å². The Labute approximate surface area is 199 Å². The SMILES string of the molecule is CCOc1cc(C=NNC(=O)Nc2ccccc2C)ccc1OCc1ccc2ccccc2c1. The van der Waals surface area contributed by atoms with Crippen LogP contribution in [0.4, 0.5) is 10.5 Å². The fourth-order valence-electron chi connectivity index (χ4n) is 3.51. The molecule has 0 heterocycles. The molecule has 6 nitrogen and oxygen atoms in total. The molecule has 4 aromatic carbocycles. The van der Waals surface area contributed by atoms with E-state index in [2.05, 4.69) is 46.2 Å². The molecule has 0 bridgehead atoms. The number of rotatable bonds is 8. The minimum atomic E-state index is -0.411. The third-order valence-corrected chi connectivity index (χ3v) is 5.25. The van der Waals surface area contributed by atoms with Crippen LogP contribution in [0, 0.1) is 6.92 Å². The van der Waals surface area contributed by atoms with Gasteiger partial charge in [-0.1, -0.05) is 54.6 Å². The number of hydrogen-bond donors (Lipinski definition) is 2. The molecule has 34 heavy (non-hydrogen) atoms. The average molecular weight is 454 g/mol. The summed E-state index contributed by atoms with van der Waals surface area (Å²) in [4.78, 5) is 12.1. The first-order chi connectivity index (χ1) is 16.6. The number of amides is 2. The number of aryl methyl sites for hydroxylation is 1. The maximum Gasteiger partial charge on any atom is 0.339 e. The van der Waals surface area contributed by atoms with Gasteiger partial charge in [-0.3, -0.25) is 0 Å². The first kappa shape index (κ1) is 22.9. The van der Waals surface area contributed by atoms with Gasteiger partial charge >= 0.3 is 6.03 Å². The summed E-state index contributed by atoms with van der Waals surface area (Å²) < 4.78 is 11.8. The van der Waals surface area contributed by atoms with Gasteiger partial charge in [-0.25, -0.2) is 10.2 Å². The molecule has 0 spiro atoms. The molecule has 0 saturated heterocycles. The van der Waals surface area contributed by atoms with Crippen LogP contribution in [0.25, 0.3) is 10.8 Å². The van der Waals surface area contributed by atoms with Crippen LogP contribution in [-0.4, -0.2) is 18.9 Å². The summed E-state index contributed by atoms with van der Waals surface area (Å²) in [6, 6.07) is 27.2. The predicted molar refractivity (Wildman–Crippen MR) is 137 cm³/mol. The van der Waals surface area contributed by atoms with Crippen molar-refractivity contribution in [1.82, 2.24) is 5.43 Å². The lowest BCUT2D eigenvalue weighted by molar-refractivity contribution is 0.252. The largest absolute Gasteiger partial charge is 0.490 e. The van der Waals surface area contributed by atoms with E-state index in [9.17, 15) is 4.79 Å². The molecule has 0 aliphatic carbocycles. The number of urea groups is 1. The topological polar surface area (TPSA) is 72.0 Å². The molecular formula is C28H27N3O3. The van der Waals surface area contributed by atoms with Crippen LogP contribution in [0.1, 0.15) is 23.6 Å². The lowest BCUT2D eigenvalue weighted by atomic mass is 10.1. The molecule has 0 fully saturated rings. The second-order valence-electron chi connectivity index (χ2n) is 7.75. The predicted octanol–water partition coefficient (Wildman–Crippen LogP) is 6.28. The number of para-hydroxylation sites is 1. The molecule has 0 saturated carbocycles. The van der Waals surface area contributed by atoms with Gasteiger partial charge in [-0.15, -0.1) is 0 Å². The van der Waals surface area contributed by atoms with E-state index in [0.29, 0.717) is 24.7 Å². The Morgan fingerprint density at radius 2 is 1.68 bits per heavy atom. The van der Waals surface area contributed by atoms with Gasteiger partial charge in [0.25, 0.3) is 0 Å². The summed E-state index contributed by atoms with van der Waals surface area (Å²) in [5.41, 5.74) is 6.05. The Morgan fingerprint density at radius 3 is 2.50 bits per heavy atom. The van der Waals surface area contributed by atoms with Crippen molar-refractivity contribution in [3.63, 3.8) is 0 Å². The van der Waals surface area contributed by atoms with Gasteiger partial charge in [0.2, 0.25) is 0 Å². The van der Waals surface area contributed by atoms with Crippen molar-refractivity contribution in [1.29, 1.82) is 0 Å². The van der Waals surface area contributed by atoms with Gasteiger partial charge < -0.3 is 14.8 Å². The highest BCUT2D eigenvalue weighted by atomic mass is 16.5. The Hall–Kier alpha value is -4.32. The highest BCUT2D eigenvalue weighted by Crippen LogP contribution is 2.29. The smallest absolute Gasteiger partial charge is 0.339 e. The second-order valence-corrected chi connectivity index (χ2v) is 7.75. The van der Waals surface area contributed by atoms with Gasteiger partial charge in [0.1, 0.15) is 6.61 Å². The molecule has 0 atom stereocenters. The molecule has 0 unspecified atom stereocenters. The fourth-order valence-corrected chi connectivity index (χ4v) is 3.51. The number of nitrogens with zero attached hydrogens (tertiary/aromatic N) is 1. The van der Waals surface area contributed by atoms with E-state index < -0.39 is 6.03 Å². The maximum absolute atomic E-state index is 12.1. The molecule has 0 aromatic heterocycles. The Morgan fingerprint density at radius 1 is 0.882 bits per heavy atom. The Balaban J connectivity index is 1.39. The lowest BCUT2D eigenvalue weighted by Gasteiger charge is -2.13. The zero-order valence-corrected chi connectivity index (χ0v) is 19.2. The van der Waals surface area contributed by atoms with Gasteiger partial charge in [-0.2, -0.15) is 5.10 Å². The summed E-state index contributed by atoms with van der Waals surface area (Å²) >= 11 is 0. The summed E-state index contributed by atoms with van der Waals surface area (Å²) in [5, 5.41) is 9.19. The number of benzene rings is 4. The molecular weight excluding hydrogens is 426 g/mol. The van der Waals surface area contributed by atoms with Crippen molar-refractivity contribution in [3.05, 3.63) is 102 Å². The van der Waals surface area contributed by atoms with Crippen LogP contribution in [-0.2, 0) is 6.61 Å². The number of fused-ring (bicyclic) bond motifs is 1. The van der Waals surface area contributed by atoms with E-state index in [-0.39, 0.29) is 0 Å². The van der Waals surface area contributed by atoms with Crippen LogP contribution in [0.2, 0.25) is 0 Å². The second kappa shape index (κ2) is 11.0. The minimum Gasteiger partial charge on any atom is -0.490 e. The van der Waals surface area contributed by atoms with Crippen LogP contribution in [0.3, 0.4) is 0 Å². The molecule has 0 aliphatic rings. The molecule has 0 aliphatic heterocycles. The van der Waals surface area contributed by atoms with Crippen LogP contribution >= 0.6 is 0 Å². The third-order valence-electron chi connectivity index (χ3n) is 5.25. The summed E-state index contributed by atoms with van der Waals surface area (Å²) in [7, 11) is 0. The Bertz CT molecular complexity index is 1320. The number of hydrazone groups is 1. The summed E-state index contributed by atoms with van der Waals surface area (Å²) in [5.74, 6) is 1.27. The molecule has 0 radical (unpaired) electrons. The number of carbonyl (C=O) groups is 1. The first-order valence-corrected chi connectivity index (χ1v) is 11.2. The number of anilines is 1. The number of ether oxygens (including phenoxy) is 2. The average Bonchev–Trinajstić information content (AvgIpc) is 2.85. The number of carbonyl (C=O) groups excluding carboxylic acids is 1. The van der Waals surface area contributed by atoms with E-state index in [0.717, 1.165) is 22.4 Å². The lowest BCUT2D eigenvalue weighted by Crippen LogP contribution is -2.24. The fraction of sp³-hybridized carbons (Fsp3) is 0.143. The van der Waals surface area contributed by atoms with E-state index in [1.54, 1.807) is 6.21 Å². The van der Waals surface area contributed by atoms with Gasteiger partial charge in [0, 0.05) is 5.69 Å². The Kier molecular flexibility index (Phi) is 7.40. The van der Waals surface area contributed by atoms with Crippen molar-refractivity contribution in [2.24, 2.45) is 5.10 Å².